The quantitative estimate of drug-likeness (QED) is 0.794. The topological polar surface area (TPSA) is 18.5 Å². The fourth-order valence-electron chi connectivity index (χ4n) is 3.49. The van der Waals surface area contributed by atoms with Gasteiger partial charge in [0, 0.05) is 19.1 Å². The van der Waals surface area contributed by atoms with Crippen LogP contribution in [-0.2, 0) is 0 Å². The van der Waals surface area contributed by atoms with Gasteiger partial charge in [0.1, 0.15) is 0 Å². The number of piperidine rings is 1. The Kier molecular flexibility index (Phi) is 6.11. The van der Waals surface area contributed by atoms with Crippen molar-refractivity contribution in [2.75, 3.05) is 46.3 Å². The van der Waals surface area contributed by atoms with Crippen molar-refractivity contribution in [3.8, 4) is 0 Å². The maximum absolute atomic E-state index is 3.62. The molecule has 0 aromatic heterocycles. The first-order chi connectivity index (χ1) is 9.15. The highest BCUT2D eigenvalue weighted by molar-refractivity contribution is 4.83. The van der Waals surface area contributed by atoms with E-state index in [2.05, 4.69) is 36.0 Å². The molecule has 0 spiro atoms. The maximum atomic E-state index is 3.62. The van der Waals surface area contributed by atoms with Gasteiger partial charge in [-0.2, -0.15) is 0 Å². The molecule has 2 saturated heterocycles. The number of hydrogen-bond donors (Lipinski definition) is 1. The van der Waals surface area contributed by atoms with Gasteiger partial charge in [0.05, 0.1) is 0 Å². The summed E-state index contributed by atoms with van der Waals surface area (Å²) >= 11 is 0. The van der Waals surface area contributed by atoms with Gasteiger partial charge in [0.25, 0.3) is 0 Å². The van der Waals surface area contributed by atoms with E-state index in [4.69, 9.17) is 0 Å². The van der Waals surface area contributed by atoms with Gasteiger partial charge in [0.2, 0.25) is 0 Å². The minimum absolute atomic E-state index is 0.772. The lowest BCUT2D eigenvalue weighted by Gasteiger charge is -2.35. The molecule has 2 aliphatic rings. The second kappa shape index (κ2) is 7.61. The zero-order valence-corrected chi connectivity index (χ0v) is 13.2. The largest absolute Gasteiger partial charge is 0.316 e. The van der Waals surface area contributed by atoms with Gasteiger partial charge in [-0.1, -0.05) is 20.3 Å². The lowest BCUT2D eigenvalue weighted by molar-refractivity contribution is 0.139. The Morgan fingerprint density at radius 1 is 1.16 bits per heavy atom. The van der Waals surface area contributed by atoms with Gasteiger partial charge in [0.15, 0.2) is 0 Å². The number of hydrogen-bond acceptors (Lipinski definition) is 3. The lowest BCUT2D eigenvalue weighted by atomic mass is 10.0. The number of likely N-dealkylation sites (tertiary alicyclic amines) is 2. The van der Waals surface area contributed by atoms with Crippen LogP contribution in [0.5, 0.6) is 0 Å². The summed E-state index contributed by atoms with van der Waals surface area (Å²) in [4.78, 5) is 5.28. The second-order valence-corrected chi connectivity index (χ2v) is 7.10. The third-order valence-electron chi connectivity index (χ3n) is 4.75. The van der Waals surface area contributed by atoms with Crippen LogP contribution in [0.1, 0.15) is 39.5 Å². The predicted molar refractivity (Wildman–Crippen MR) is 82.5 cm³/mol. The molecule has 19 heavy (non-hydrogen) atoms. The van der Waals surface area contributed by atoms with Crippen molar-refractivity contribution in [1.82, 2.24) is 15.1 Å². The third-order valence-corrected chi connectivity index (χ3v) is 4.75. The van der Waals surface area contributed by atoms with Crippen LogP contribution in [0.2, 0.25) is 0 Å². The van der Waals surface area contributed by atoms with Crippen molar-refractivity contribution in [1.29, 1.82) is 0 Å². The van der Waals surface area contributed by atoms with Gasteiger partial charge in [-0.15, -0.1) is 0 Å². The average molecular weight is 267 g/mol. The van der Waals surface area contributed by atoms with E-state index in [9.17, 15) is 0 Å². The molecule has 0 aromatic rings. The molecule has 2 fully saturated rings. The van der Waals surface area contributed by atoms with E-state index in [1.165, 1.54) is 65.0 Å². The monoisotopic (exact) mass is 267 g/mol. The number of nitrogens with one attached hydrogen (secondary N) is 1. The Hall–Kier alpha value is -0.120. The Bertz CT molecular complexity index is 254. The minimum atomic E-state index is 0.772. The van der Waals surface area contributed by atoms with E-state index in [1.807, 2.05) is 0 Å². The molecule has 0 amide bonds. The zero-order valence-electron chi connectivity index (χ0n) is 13.2. The molecule has 3 nitrogen and oxygen atoms in total. The molecule has 0 aromatic carbocycles. The van der Waals surface area contributed by atoms with Crippen LogP contribution in [0.4, 0.5) is 0 Å². The first-order valence-electron chi connectivity index (χ1n) is 8.28. The third kappa shape index (κ3) is 5.05. The van der Waals surface area contributed by atoms with Gasteiger partial charge in [-0.3, -0.25) is 0 Å². The number of rotatable bonds is 6. The SMILES string of the molecule is CC(C)CNCC1CCN(CC2CCCCN2C)C1. The van der Waals surface area contributed by atoms with Crippen LogP contribution in [0.3, 0.4) is 0 Å². The molecule has 0 bridgehead atoms. The van der Waals surface area contributed by atoms with Crippen molar-refractivity contribution in [2.45, 2.75) is 45.6 Å². The van der Waals surface area contributed by atoms with Gasteiger partial charge in [-0.25, -0.2) is 0 Å². The van der Waals surface area contributed by atoms with E-state index < -0.39 is 0 Å². The molecule has 112 valence electrons. The van der Waals surface area contributed by atoms with Gasteiger partial charge >= 0.3 is 0 Å². The predicted octanol–water partition coefficient (Wildman–Crippen LogP) is 2.04. The Morgan fingerprint density at radius 2 is 2.00 bits per heavy atom. The molecule has 0 aliphatic carbocycles. The summed E-state index contributed by atoms with van der Waals surface area (Å²) < 4.78 is 0. The Balaban J connectivity index is 1.64. The fraction of sp³-hybridized carbons (Fsp3) is 1.00. The van der Waals surface area contributed by atoms with Gasteiger partial charge < -0.3 is 15.1 Å². The molecule has 3 heteroatoms. The van der Waals surface area contributed by atoms with Crippen LogP contribution >= 0.6 is 0 Å². The average Bonchev–Trinajstić information content (AvgIpc) is 2.79. The van der Waals surface area contributed by atoms with E-state index in [1.54, 1.807) is 0 Å². The van der Waals surface area contributed by atoms with Crippen LogP contribution in [0.25, 0.3) is 0 Å². The Morgan fingerprint density at radius 3 is 2.74 bits per heavy atom. The van der Waals surface area contributed by atoms with Crippen molar-refractivity contribution < 1.29 is 0 Å². The standard InChI is InChI=1S/C16H33N3/c1-14(2)10-17-11-15-7-9-19(12-15)13-16-6-4-5-8-18(16)3/h14-17H,4-13H2,1-3H3. The molecule has 2 unspecified atom stereocenters. The summed E-state index contributed by atoms with van der Waals surface area (Å²) in [5.74, 6) is 1.65. The molecular weight excluding hydrogens is 234 g/mol. The van der Waals surface area contributed by atoms with E-state index in [0.29, 0.717) is 0 Å². The summed E-state index contributed by atoms with van der Waals surface area (Å²) in [6, 6.07) is 0.816. The highest BCUT2D eigenvalue weighted by Gasteiger charge is 2.27. The molecule has 0 radical (unpaired) electrons. The number of nitrogens with zero attached hydrogens (tertiary/aromatic N) is 2. The van der Waals surface area contributed by atoms with E-state index in [-0.39, 0.29) is 0 Å². The van der Waals surface area contributed by atoms with E-state index in [0.717, 1.165) is 17.9 Å². The summed E-state index contributed by atoms with van der Waals surface area (Å²) in [5.41, 5.74) is 0. The van der Waals surface area contributed by atoms with Crippen LogP contribution in [-0.4, -0.2) is 62.2 Å². The van der Waals surface area contributed by atoms with Crippen molar-refractivity contribution >= 4 is 0 Å². The van der Waals surface area contributed by atoms with Crippen molar-refractivity contribution in [3.63, 3.8) is 0 Å². The van der Waals surface area contributed by atoms with Crippen LogP contribution in [0, 0.1) is 11.8 Å². The highest BCUT2D eigenvalue weighted by Crippen LogP contribution is 2.20. The van der Waals surface area contributed by atoms with Crippen molar-refractivity contribution in [3.05, 3.63) is 0 Å². The molecule has 2 heterocycles. The van der Waals surface area contributed by atoms with Crippen LogP contribution in [0.15, 0.2) is 0 Å². The highest BCUT2D eigenvalue weighted by atomic mass is 15.2. The molecule has 2 atom stereocenters. The molecule has 1 N–H and O–H groups in total. The molecule has 0 saturated carbocycles. The molecule has 2 rings (SSSR count). The first kappa shape index (κ1) is 15.3. The number of likely N-dealkylation sites (N-methyl/N-ethyl adjacent to an activating group) is 1. The van der Waals surface area contributed by atoms with Crippen molar-refractivity contribution in [2.24, 2.45) is 11.8 Å². The molecule has 2 aliphatic heterocycles. The van der Waals surface area contributed by atoms with Crippen LogP contribution < -0.4 is 5.32 Å². The summed E-state index contributed by atoms with van der Waals surface area (Å²) in [6.07, 6.45) is 5.63. The van der Waals surface area contributed by atoms with Gasteiger partial charge in [-0.05, 0) is 64.3 Å². The summed E-state index contributed by atoms with van der Waals surface area (Å²) in [7, 11) is 2.31. The maximum Gasteiger partial charge on any atom is 0.0220 e. The fourth-order valence-corrected chi connectivity index (χ4v) is 3.49. The first-order valence-corrected chi connectivity index (χ1v) is 8.28. The smallest absolute Gasteiger partial charge is 0.0220 e. The minimum Gasteiger partial charge on any atom is -0.316 e. The van der Waals surface area contributed by atoms with E-state index >= 15 is 0 Å². The summed E-state index contributed by atoms with van der Waals surface area (Å²) in [6.45, 7) is 12.2. The summed E-state index contributed by atoms with van der Waals surface area (Å²) in [5, 5.41) is 3.62. The Labute approximate surface area is 119 Å². The zero-order chi connectivity index (χ0) is 13.7. The lowest BCUT2D eigenvalue weighted by Crippen LogP contribution is -2.44. The second-order valence-electron chi connectivity index (χ2n) is 7.10. The normalized spacial score (nSPS) is 30.3. The molecular formula is C16H33N3.